The summed E-state index contributed by atoms with van der Waals surface area (Å²) in [5, 5.41) is 3.05. The van der Waals surface area contributed by atoms with Crippen LogP contribution in [0.15, 0.2) is 36.4 Å². The van der Waals surface area contributed by atoms with Crippen molar-refractivity contribution in [2.45, 2.75) is 18.4 Å². The molecule has 2 saturated heterocycles. The molecular weight excluding hydrogens is 366 g/mol. The van der Waals surface area contributed by atoms with Crippen LogP contribution >= 0.6 is 0 Å². The molecule has 0 saturated carbocycles. The molecule has 0 spiro atoms. The smallest absolute Gasteiger partial charge is 0.249 e. The molecule has 6 nitrogen and oxygen atoms in total. The Bertz CT molecular complexity index is 887. The van der Waals surface area contributed by atoms with E-state index in [1.807, 2.05) is 0 Å². The highest BCUT2D eigenvalue weighted by molar-refractivity contribution is 6.01. The molecule has 0 bridgehead atoms. The number of nitrogens with zero attached hydrogens (tertiary/aromatic N) is 1. The van der Waals surface area contributed by atoms with Gasteiger partial charge >= 0.3 is 0 Å². The molecule has 1 unspecified atom stereocenters. The number of hydrazine groups is 1. The Kier molecular flexibility index (Phi) is 5.15. The minimum Gasteiger partial charge on any atom is -0.492 e. The van der Waals surface area contributed by atoms with Gasteiger partial charge in [0.2, 0.25) is 5.91 Å². The molecule has 28 heavy (non-hydrogen) atoms. The van der Waals surface area contributed by atoms with Gasteiger partial charge in [-0.05, 0) is 36.2 Å². The van der Waals surface area contributed by atoms with Crippen LogP contribution in [-0.2, 0) is 4.79 Å². The lowest BCUT2D eigenvalue weighted by atomic mass is 9.99. The first-order valence-electron chi connectivity index (χ1n) is 9.24. The highest BCUT2D eigenvalue weighted by atomic mass is 19.1. The quantitative estimate of drug-likeness (QED) is 0.734. The number of halogens is 2. The lowest BCUT2D eigenvalue weighted by Crippen LogP contribution is -2.33. The first-order chi connectivity index (χ1) is 13.6. The molecule has 2 aliphatic rings. The lowest BCUT2D eigenvalue weighted by Gasteiger charge is -2.20. The third-order valence-electron chi connectivity index (χ3n) is 5.26. The first kappa shape index (κ1) is 18.6. The molecule has 2 aromatic rings. The van der Waals surface area contributed by atoms with Gasteiger partial charge in [0.05, 0.1) is 12.8 Å². The Morgan fingerprint density at radius 2 is 1.93 bits per heavy atom. The standard InChI is InChI=1S/C20H22F2N4O2/c1-28-19-15(21)3-2-4-17(19)25-18-7-8-26(20(18)27)13-5-6-14(16(22)9-13)12-10-23-24-11-12/h2-6,9,12,18,23-25H,7-8,10-11H2,1H3. The zero-order valence-corrected chi connectivity index (χ0v) is 15.5. The van der Waals surface area contributed by atoms with Gasteiger partial charge in [0.25, 0.3) is 0 Å². The zero-order valence-electron chi connectivity index (χ0n) is 15.5. The van der Waals surface area contributed by atoms with Gasteiger partial charge in [-0.2, -0.15) is 0 Å². The van der Waals surface area contributed by atoms with E-state index in [0.717, 1.165) is 0 Å². The second kappa shape index (κ2) is 7.73. The molecule has 0 radical (unpaired) electrons. The van der Waals surface area contributed by atoms with E-state index in [4.69, 9.17) is 4.74 Å². The average Bonchev–Trinajstić information content (AvgIpc) is 3.33. The maximum Gasteiger partial charge on any atom is 0.249 e. The fourth-order valence-electron chi connectivity index (χ4n) is 3.79. The van der Waals surface area contributed by atoms with E-state index in [0.29, 0.717) is 43.0 Å². The van der Waals surface area contributed by atoms with E-state index in [-0.39, 0.29) is 23.4 Å². The van der Waals surface area contributed by atoms with E-state index >= 15 is 0 Å². The van der Waals surface area contributed by atoms with Gasteiger partial charge in [0, 0.05) is 31.2 Å². The van der Waals surface area contributed by atoms with Crippen LogP contribution in [0, 0.1) is 11.6 Å². The number of carbonyl (C=O) groups excluding carboxylic acids is 1. The number of methoxy groups -OCH3 is 1. The molecule has 1 amide bonds. The van der Waals surface area contributed by atoms with Gasteiger partial charge in [-0.15, -0.1) is 0 Å². The van der Waals surface area contributed by atoms with Crippen molar-refractivity contribution in [1.82, 2.24) is 10.9 Å². The van der Waals surface area contributed by atoms with E-state index in [2.05, 4.69) is 16.2 Å². The van der Waals surface area contributed by atoms with Crippen molar-refractivity contribution in [3.63, 3.8) is 0 Å². The number of para-hydroxylation sites is 1. The largest absolute Gasteiger partial charge is 0.492 e. The van der Waals surface area contributed by atoms with Crippen molar-refractivity contribution in [1.29, 1.82) is 0 Å². The van der Waals surface area contributed by atoms with Gasteiger partial charge in [0.15, 0.2) is 11.6 Å². The fraction of sp³-hybridized carbons (Fsp3) is 0.350. The number of carbonyl (C=O) groups is 1. The number of hydrogen-bond donors (Lipinski definition) is 3. The summed E-state index contributed by atoms with van der Waals surface area (Å²) in [6.07, 6.45) is 0.526. The number of amides is 1. The Balaban J connectivity index is 1.50. The van der Waals surface area contributed by atoms with E-state index in [9.17, 15) is 13.6 Å². The predicted octanol–water partition coefficient (Wildman–Crippen LogP) is 2.38. The number of nitrogens with one attached hydrogen (secondary N) is 3. The van der Waals surface area contributed by atoms with Crippen LogP contribution in [0.4, 0.5) is 20.2 Å². The van der Waals surface area contributed by atoms with Crippen molar-refractivity contribution in [2.75, 3.05) is 37.0 Å². The first-order valence-corrected chi connectivity index (χ1v) is 9.24. The second-order valence-corrected chi connectivity index (χ2v) is 6.96. The highest BCUT2D eigenvalue weighted by Crippen LogP contribution is 2.31. The third kappa shape index (κ3) is 3.41. The summed E-state index contributed by atoms with van der Waals surface area (Å²) in [6.45, 7) is 1.79. The minimum atomic E-state index is -0.526. The van der Waals surface area contributed by atoms with E-state index in [1.165, 1.54) is 19.2 Å². The average molecular weight is 388 g/mol. The molecule has 2 aromatic carbocycles. The number of hydrogen-bond acceptors (Lipinski definition) is 5. The summed E-state index contributed by atoms with van der Waals surface area (Å²) in [6, 6.07) is 8.92. The summed E-state index contributed by atoms with van der Waals surface area (Å²) in [7, 11) is 1.38. The van der Waals surface area contributed by atoms with Crippen LogP contribution in [0.3, 0.4) is 0 Å². The van der Waals surface area contributed by atoms with Crippen LogP contribution in [0.5, 0.6) is 5.75 Å². The number of ether oxygens (including phenoxy) is 1. The molecule has 148 valence electrons. The summed E-state index contributed by atoms with van der Waals surface area (Å²) in [5.41, 5.74) is 7.56. The van der Waals surface area contributed by atoms with E-state index in [1.54, 1.807) is 29.2 Å². The SMILES string of the molecule is COc1c(F)cccc1NC1CCN(c2ccc(C3CNNC3)c(F)c2)C1=O. The summed E-state index contributed by atoms with van der Waals surface area (Å²) in [4.78, 5) is 14.4. The molecule has 3 N–H and O–H groups in total. The van der Waals surface area contributed by atoms with Crippen LogP contribution in [0.25, 0.3) is 0 Å². The molecule has 0 aromatic heterocycles. The molecule has 2 aliphatic heterocycles. The number of anilines is 2. The fourth-order valence-corrected chi connectivity index (χ4v) is 3.79. The summed E-state index contributed by atoms with van der Waals surface area (Å²) in [5.74, 6) is -0.851. The van der Waals surface area contributed by atoms with Crippen LogP contribution < -0.4 is 25.8 Å². The van der Waals surface area contributed by atoms with Crippen LogP contribution in [0.2, 0.25) is 0 Å². The number of benzene rings is 2. The molecule has 1 atom stereocenters. The molecule has 0 aliphatic carbocycles. The van der Waals surface area contributed by atoms with Crippen molar-refractivity contribution >= 4 is 17.3 Å². The molecule has 8 heteroatoms. The van der Waals surface area contributed by atoms with Crippen molar-refractivity contribution in [3.8, 4) is 5.75 Å². The maximum absolute atomic E-state index is 14.6. The Morgan fingerprint density at radius 3 is 2.64 bits per heavy atom. The van der Waals surface area contributed by atoms with Gasteiger partial charge in [-0.1, -0.05) is 12.1 Å². The second-order valence-electron chi connectivity index (χ2n) is 6.96. The molecule has 4 rings (SSSR count). The van der Waals surface area contributed by atoms with Crippen molar-refractivity contribution in [2.24, 2.45) is 0 Å². The topological polar surface area (TPSA) is 65.6 Å². The third-order valence-corrected chi connectivity index (χ3v) is 5.26. The molecule has 2 heterocycles. The lowest BCUT2D eigenvalue weighted by molar-refractivity contribution is -0.117. The highest BCUT2D eigenvalue weighted by Gasteiger charge is 2.34. The summed E-state index contributed by atoms with van der Waals surface area (Å²) < 4.78 is 33.6. The normalized spacial score (nSPS) is 20.0. The molecular formula is C20H22F2N4O2. The van der Waals surface area contributed by atoms with Crippen molar-refractivity contribution in [3.05, 3.63) is 53.6 Å². The van der Waals surface area contributed by atoms with Gasteiger partial charge in [0.1, 0.15) is 11.9 Å². The van der Waals surface area contributed by atoms with Crippen LogP contribution in [-0.4, -0.2) is 38.7 Å². The Labute approximate surface area is 161 Å². The maximum atomic E-state index is 14.6. The summed E-state index contributed by atoms with van der Waals surface area (Å²) >= 11 is 0. The van der Waals surface area contributed by atoms with Crippen LogP contribution in [0.1, 0.15) is 17.9 Å². The minimum absolute atomic E-state index is 0.0678. The Hall–Kier alpha value is -2.71. The monoisotopic (exact) mass is 388 g/mol. The van der Waals surface area contributed by atoms with Crippen molar-refractivity contribution < 1.29 is 18.3 Å². The zero-order chi connectivity index (χ0) is 19.7. The predicted molar refractivity (Wildman–Crippen MR) is 102 cm³/mol. The van der Waals surface area contributed by atoms with E-state index < -0.39 is 11.9 Å². The molecule has 2 fully saturated rings. The van der Waals surface area contributed by atoms with Gasteiger partial charge < -0.3 is 15.0 Å². The van der Waals surface area contributed by atoms with Gasteiger partial charge in [-0.25, -0.2) is 8.78 Å². The number of rotatable bonds is 5. The Morgan fingerprint density at radius 1 is 1.14 bits per heavy atom. The van der Waals surface area contributed by atoms with Gasteiger partial charge in [-0.3, -0.25) is 15.6 Å².